The minimum absolute atomic E-state index is 0.0153. The Kier molecular flexibility index (Phi) is 3.65. The lowest BCUT2D eigenvalue weighted by atomic mass is 10.1. The van der Waals surface area contributed by atoms with E-state index in [-0.39, 0.29) is 5.91 Å². The predicted octanol–water partition coefficient (Wildman–Crippen LogP) is 2.76. The van der Waals surface area contributed by atoms with Crippen molar-refractivity contribution in [2.45, 2.75) is 25.4 Å². The average molecular weight is 277 g/mol. The third-order valence-corrected chi connectivity index (χ3v) is 3.56. The fourth-order valence-corrected chi connectivity index (χ4v) is 2.33. The summed E-state index contributed by atoms with van der Waals surface area (Å²) in [6, 6.07) is 13.1. The summed E-state index contributed by atoms with van der Waals surface area (Å²) in [6.45, 7) is 0.564. The van der Waals surface area contributed by atoms with E-state index in [1.807, 2.05) is 17.0 Å². The number of amides is 1. The lowest BCUT2D eigenvalue weighted by molar-refractivity contribution is 0.0729. The van der Waals surface area contributed by atoms with Gasteiger partial charge in [-0.3, -0.25) is 9.78 Å². The van der Waals surface area contributed by atoms with Gasteiger partial charge in [-0.15, -0.1) is 0 Å². The maximum absolute atomic E-state index is 12.7. The molecule has 1 fully saturated rings. The number of nitrogens with zero attached hydrogens (tertiary/aromatic N) is 3. The van der Waals surface area contributed by atoms with Crippen LogP contribution in [-0.4, -0.2) is 21.8 Å². The molecule has 1 heterocycles. The highest BCUT2D eigenvalue weighted by atomic mass is 16.2. The summed E-state index contributed by atoms with van der Waals surface area (Å²) in [5.74, 6) is -0.0153. The summed E-state index contributed by atoms with van der Waals surface area (Å²) in [5.41, 5.74) is 2.11. The van der Waals surface area contributed by atoms with E-state index >= 15 is 0 Å². The zero-order valence-corrected chi connectivity index (χ0v) is 11.6. The average Bonchev–Trinajstić information content (AvgIpc) is 3.38. The molecule has 0 saturated heterocycles. The van der Waals surface area contributed by atoms with Gasteiger partial charge < -0.3 is 4.90 Å². The van der Waals surface area contributed by atoms with E-state index in [2.05, 4.69) is 11.1 Å². The Morgan fingerprint density at radius 1 is 1.33 bits per heavy atom. The van der Waals surface area contributed by atoms with Gasteiger partial charge in [-0.25, -0.2) is 0 Å². The van der Waals surface area contributed by atoms with E-state index in [0.29, 0.717) is 23.7 Å². The second kappa shape index (κ2) is 5.76. The molecule has 1 aromatic heterocycles. The molecule has 0 radical (unpaired) electrons. The number of carbonyl (C=O) groups is 1. The van der Waals surface area contributed by atoms with Crippen LogP contribution >= 0.6 is 0 Å². The lowest BCUT2D eigenvalue weighted by Gasteiger charge is -2.22. The first-order chi connectivity index (χ1) is 10.3. The van der Waals surface area contributed by atoms with Crippen LogP contribution in [0.3, 0.4) is 0 Å². The summed E-state index contributed by atoms with van der Waals surface area (Å²) in [5, 5.41) is 8.96. The van der Waals surface area contributed by atoms with E-state index in [1.165, 1.54) is 0 Å². The van der Waals surface area contributed by atoms with Crippen molar-refractivity contribution in [3.05, 3.63) is 65.5 Å². The minimum Gasteiger partial charge on any atom is -0.331 e. The van der Waals surface area contributed by atoms with Crippen LogP contribution in [0.2, 0.25) is 0 Å². The van der Waals surface area contributed by atoms with Crippen LogP contribution in [0.15, 0.2) is 48.8 Å². The number of aromatic nitrogens is 1. The molecule has 1 aromatic carbocycles. The number of rotatable bonds is 4. The molecule has 0 N–H and O–H groups in total. The fourth-order valence-electron chi connectivity index (χ4n) is 2.33. The summed E-state index contributed by atoms with van der Waals surface area (Å²) < 4.78 is 0. The topological polar surface area (TPSA) is 57.0 Å². The van der Waals surface area contributed by atoms with Crippen LogP contribution in [0.1, 0.15) is 34.3 Å². The minimum atomic E-state index is -0.0153. The third-order valence-electron chi connectivity index (χ3n) is 3.56. The SMILES string of the molecule is N#Cc1cccc(C(=O)N(Cc2cccnc2)C2CC2)c1. The Bertz CT molecular complexity index is 687. The quantitative estimate of drug-likeness (QED) is 0.863. The maximum atomic E-state index is 12.7. The summed E-state index contributed by atoms with van der Waals surface area (Å²) in [6.07, 6.45) is 5.60. The van der Waals surface area contributed by atoms with Crippen molar-refractivity contribution in [2.24, 2.45) is 0 Å². The van der Waals surface area contributed by atoms with Crippen LogP contribution in [0.4, 0.5) is 0 Å². The number of pyridine rings is 1. The van der Waals surface area contributed by atoms with Gasteiger partial charge in [0.25, 0.3) is 5.91 Å². The van der Waals surface area contributed by atoms with Gasteiger partial charge in [-0.05, 0) is 42.7 Å². The number of hydrogen-bond donors (Lipinski definition) is 0. The van der Waals surface area contributed by atoms with Crippen molar-refractivity contribution in [1.82, 2.24) is 9.88 Å². The second-order valence-electron chi connectivity index (χ2n) is 5.22. The molecule has 2 aromatic rings. The Morgan fingerprint density at radius 2 is 2.19 bits per heavy atom. The molecule has 1 saturated carbocycles. The molecule has 104 valence electrons. The van der Waals surface area contributed by atoms with Gasteiger partial charge in [0.05, 0.1) is 11.6 Å². The highest BCUT2D eigenvalue weighted by Crippen LogP contribution is 2.29. The molecule has 1 amide bonds. The van der Waals surface area contributed by atoms with Gasteiger partial charge >= 0.3 is 0 Å². The van der Waals surface area contributed by atoms with E-state index in [0.717, 1.165) is 18.4 Å². The second-order valence-corrected chi connectivity index (χ2v) is 5.22. The normalized spacial score (nSPS) is 13.5. The molecule has 4 nitrogen and oxygen atoms in total. The van der Waals surface area contributed by atoms with E-state index in [1.54, 1.807) is 36.7 Å². The molecule has 3 rings (SSSR count). The van der Waals surface area contributed by atoms with Crippen molar-refractivity contribution in [3.63, 3.8) is 0 Å². The molecule has 0 aliphatic heterocycles. The van der Waals surface area contributed by atoms with E-state index in [4.69, 9.17) is 5.26 Å². The van der Waals surface area contributed by atoms with Gasteiger partial charge in [-0.2, -0.15) is 5.26 Å². The molecule has 1 aliphatic carbocycles. The van der Waals surface area contributed by atoms with Crippen LogP contribution in [0.25, 0.3) is 0 Å². The maximum Gasteiger partial charge on any atom is 0.254 e. The van der Waals surface area contributed by atoms with Crippen molar-refractivity contribution >= 4 is 5.91 Å². The molecule has 4 heteroatoms. The van der Waals surface area contributed by atoms with Gasteiger partial charge in [0.15, 0.2) is 0 Å². The monoisotopic (exact) mass is 277 g/mol. The molecule has 0 spiro atoms. The number of benzene rings is 1. The molecular weight excluding hydrogens is 262 g/mol. The van der Waals surface area contributed by atoms with Crippen molar-refractivity contribution < 1.29 is 4.79 Å². The number of nitriles is 1. The Morgan fingerprint density at radius 3 is 2.86 bits per heavy atom. The summed E-state index contributed by atoms with van der Waals surface area (Å²) in [7, 11) is 0. The van der Waals surface area contributed by atoms with E-state index in [9.17, 15) is 4.79 Å². The standard InChI is InChI=1S/C17H15N3O/c18-10-13-3-1-5-15(9-13)17(21)20(16-6-7-16)12-14-4-2-8-19-11-14/h1-5,8-9,11,16H,6-7,12H2. The van der Waals surface area contributed by atoms with Gasteiger partial charge in [0, 0.05) is 30.5 Å². The van der Waals surface area contributed by atoms with Crippen molar-refractivity contribution in [2.75, 3.05) is 0 Å². The molecular formula is C17H15N3O. The molecule has 21 heavy (non-hydrogen) atoms. The van der Waals surface area contributed by atoms with Crippen molar-refractivity contribution in [3.8, 4) is 6.07 Å². The number of carbonyl (C=O) groups excluding carboxylic acids is 1. The zero-order valence-electron chi connectivity index (χ0n) is 11.6. The molecule has 0 unspecified atom stereocenters. The van der Waals surface area contributed by atoms with Crippen LogP contribution < -0.4 is 0 Å². The Balaban J connectivity index is 1.83. The van der Waals surface area contributed by atoms with E-state index < -0.39 is 0 Å². The van der Waals surface area contributed by atoms with Crippen LogP contribution in [-0.2, 0) is 6.54 Å². The zero-order chi connectivity index (χ0) is 14.7. The molecule has 0 bridgehead atoms. The largest absolute Gasteiger partial charge is 0.331 e. The summed E-state index contributed by atoms with van der Waals surface area (Å²) in [4.78, 5) is 18.7. The van der Waals surface area contributed by atoms with Gasteiger partial charge in [0.1, 0.15) is 0 Å². The van der Waals surface area contributed by atoms with Crippen LogP contribution in [0, 0.1) is 11.3 Å². The highest BCUT2D eigenvalue weighted by Gasteiger charge is 2.33. The molecule has 0 atom stereocenters. The van der Waals surface area contributed by atoms with Crippen molar-refractivity contribution in [1.29, 1.82) is 5.26 Å². The van der Waals surface area contributed by atoms with Crippen LogP contribution in [0.5, 0.6) is 0 Å². The predicted molar refractivity (Wildman–Crippen MR) is 78.3 cm³/mol. The van der Waals surface area contributed by atoms with Gasteiger partial charge in [-0.1, -0.05) is 12.1 Å². The fraction of sp³-hybridized carbons (Fsp3) is 0.235. The number of hydrogen-bond acceptors (Lipinski definition) is 3. The first-order valence-electron chi connectivity index (χ1n) is 6.98. The van der Waals surface area contributed by atoms with Gasteiger partial charge in [0.2, 0.25) is 0 Å². The smallest absolute Gasteiger partial charge is 0.254 e. The Labute approximate surface area is 123 Å². The molecule has 1 aliphatic rings. The Hall–Kier alpha value is -2.67. The first-order valence-corrected chi connectivity index (χ1v) is 6.98. The third kappa shape index (κ3) is 3.09. The lowest BCUT2D eigenvalue weighted by Crippen LogP contribution is -2.32. The first kappa shape index (κ1) is 13.3. The highest BCUT2D eigenvalue weighted by molar-refractivity contribution is 5.95. The summed E-state index contributed by atoms with van der Waals surface area (Å²) >= 11 is 0.